The van der Waals surface area contributed by atoms with Crippen molar-refractivity contribution < 1.29 is 14.9 Å². The number of anilines is 1. The monoisotopic (exact) mass is 410 g/mol. The summed E-state index contributed by atoms with van der Waals surface area (Å²) in [7, 11) is 1.86. The SMILES string of the molecule is CCN1C[C@@H](O)C[C@@H](Nc2nnc(-c3ccc4c(c3O)CCO4)c3c2cnn3C)C1. The Labute approximate surface area is 174 Å². The topological polar surface area (TPSA) is 109 Å². The number of likely N-dealkylation sites (tertiary alicyclic amines) is 1. The zero-order valence-corrected chi connectivity index (χ0v) is 17.2. The second-order valence-corrected chi connectivity index (χ2v) is 8.05. The minimum absolute atomic E-state index is 0.0720. The van der Waals surface area contributed by atoms with E-state index in [1.807, 2.05) is 19.2 Å². The van der Waals surface area contributed by atoms with Gasteiger partial charge in [-0.15, -0.1) is 10.2 Å². The highest BCUT2D eigenvalue weighted by Crippen LogP contribution is 2.42. The number of nitrogens with one attached hydrogen (secondary N) is 1. The second kappa shape index (κ2) is 7.41. The number of aromatic hydroxyl groups is 1. The minimum atomic E-state index is -0.363. The van der Waals surface area contributed by atoms with Gasteiger partial charge in [0.2, 0.25) is 0 Å². The number of hydrogen-bond acceptors (Lipinski definition) is 8. The van der Waals surface area contributed by atoms with Crippen molar-refractivity contribution >= 4 is 16.7 Å². The van der Waals surface area contributed by atoms with Gasteiger partial charge in [0.1, 0.15) is 17.2 Å². The fourth-order valence-corrected chi connectivity index (χ4v) is 4.55. The zero-order valence-electron chi connectivity index (χ0n) is 17.2. The van der Waals surface area contributed by atoms with Crippen LogP contribution in [0.15, 0.2) is 18.3 Å². The number of aliphatic hydroxyl groups excluding tert-OH is 1. The molecule has 5 rings (SSSR count). The number of aryl methyl sites for hydroxylation is 1. The number of piperidine rings is 1. The molecule has 2 aliphatic rings. The van der Waals surface area contributed by atoms with Gasteiger partial charge in [-0.25, -0.2) is 0 Å². The van der Waals surface area contributed by atoms with Gasteiger partial charge in [-0.1, -0.05) is 6.92 Å². The average molecular weight is 410 g/mol. The molecule has 2 aliphatic heterocycles. The zero-order chi connectivity index (χ0) is 20.8. The van der Waals surface area contributed by atoms with E-state index in [0.29, 0.717) is 43.1 Å². The molecule has 0 amide bonds. The Morgan fingerprint density at radius 3 is 2.97 bits per heavy atom. The number of nitrogens with zero attached hydrogens (tertiary/aromatic N) is 5. The fraction of sp³-hybridized carbons (Fsp3) is 0.476. The molecule has 30 heavy (non-hydrogen) atoms. The predicted molar refractivity (Wildman–Crippen MR) is 113 cm³/mol. The maximum atomic E-state index is 10.8. The molecule has 9 nitrogen and oxygen atoms in total. The number of rotatable bonds is 4. The molecule has 0 aliphatic carbocycles. The summed E-state index contributed by atoms with van der Waals surface area (Å²) >= 11 is 0. The van der Waals surface area contributed by atoms with Crippen molar-refractivity contribution in [3.63, 3.8) is 0 Å². The van der Waals surface area contributed by atoms with E-state index in [1.165, 1.54) is 0 Å². The molecule has 158 valence electrons. The first-order chi connectivity index (χ1) is 14.5. The van der Waals surface area contributed by atoms with E-state index < -0.39 is 0 Å². The smallest absolute Gasteiger partial charge is 0.160 e. The molecule has 9 heteroatoms. The predicted octanol–water partition coefficient (Wildman–Crippen LogP) is 1.54. The van der Waals surface area contributed by atoms with Crippen LogP contribution in [0.2, 0.25) is 0 Å². The summed E-state index contributed by atoms with van der Waals surface area (Å²) in [5.74, 6) is 1.55. The Morgan fingerprint density at radius 1 is 1.27 bits per heavy atom. The molecule has 3 N–H and O–H groups in total. The summed E-state index contributed by atoms with van der Waals surface area (Å²) in [6.07, 6.45) is 2.74. The van der Waals surface area contributed by atoms with E-state index in [2.05, 4.69) is 32.4 Å². The standard InChI is InChI=1S/C21H26N6O3/c1-3-27-10-12(8-13(28)11-27)23-21-16-9-22-26(2)19(16)18(24-25-21)15-4-5-17-14(20(15)29)6-7-30-17/h4-5,9,12-13,28-29H,3,6-8,10-11H2,1-2H3,(H,23,25)/t12-,13+/m1/s1. The number of aliphatic hydroxyl groups is 1. The Bertz CT molecular complexity index is 1100. The van der Waals surface area contributed by atoms with E-state index in [4.69, 9.17) is 4.74 Å². The lowest BCUT2D eigenvalue weighted by atomic mass is 10.0. The van der Waals surface area contributed by atoms with Crippen molar-refractivity contribution in [3.05, 3.63) is 23.9 Å². The van der Waals surface area contributed by atoms with Gasteiger partial charge in [0.25, 0.3) is 0 Å². The number of phenolic OH excluding ortho intramolecular Hbond substituents is 1. The molecule has 1 saturated heterocycles. The molecule has 0 saturated carbocycles. The molecule has 0 spiro atoms. The van der Waals surface area contributed by atoms with Gasteiger partial charge >= 0.3 is 0 Å². The van der Waals surface area contributed by atoms with Crippen molar-refractivity contribution in [1.29, 1.82) is 0 Å². The largest absolute Gasteiger partial charge is 0.507 e. The maximum Gasteiger partial charge on any atom is 0.160 e. The molecule has 1 fully saturated rings. The molecular weight excluding hydrogens is 384 g/mol. The number of phenols is 1. The average Bonchev–Trinajstić information content (AvgIpc) is 3.36. The van der Waals surface area contributed by atoms with E-state index in [-0.39, 0.29) is 17.9 Å². The number of ether oxygens (including phenoxy) is 1. The van der Waals surface area contributed by atoms with Crippen LogP contribution in [-0.2, 0) is 13.5 Å². The highest BCUT2D eigenvalue weighted by molar-refractivity contribution is 5.98. The normalized spacial score (nSPS) is 21.6. The first kappa shape index (κ1) is 19.1. The molecular formula is C21H26N6O3. The first-order valence-corrected chi connectivity index (χ1v) is 10.4. The first-order valence-electron chi connectivity index (χ1n) is 10.4. The molecule has 0 radical (unpaired) electrons. The van der Waals surface area contributed by atoms with Gasteiger partial charge in [0, 0.05) is 43.7 Å². The fourth-order valence-electron chi connectivity index (χ4n) is 4.55. The second-order valence-electron chi connectivity index (χ2n) is 8.05. The van der Waals surface area contributed by atoms with Gasteiger partial charge in [0.15, 0.2) is 5.82 Å². The van der Waals surface area contributed by atoms with E-state index >= 15 is 0 Å². The third-order valence-electron chi connectivity index (χ3n) is 6.06. The van der Waals surface area contributed by atoms with Crippen LogP contribution in [0, 0.1) is 0 Å². The summed E-state index contributed by atoms with van der Waals surface area (Å²) in [6, 6.07) is 3.76. The number of aromatic nitrogens is 4. The number of benzene rings is 1. The molecule has 0 unspecified atom stereocenters. The maximum absolute atomic E-state index is 10.8. The summed E-state index contributed by atoms with van der Waals surface area (Å²) in [6.45, 7) is 5.10. The van der Waals surface area contributed by atoms with Crippen LogP contribution in [0.5, 0.6) is 11.5 Å². The van der Waals surface area contributed by atoms with Crippen LogP contribution in [0.1, 0.15) is 18.9 Å². The third-order valence-corrected chi connectivity index (χ3v) is 6.06. The van der Waals surface area contributed by atoms with Crippen LogP contribution in [0.25, 0.3) is 22.2 Å². The van der Waals surface area contributed by atoms with Crippen LogP contribution in [0.4, 0.5) is 5.82 Å². The summed E-state index contributed by atoms with van der Waals surface area (Å²) in [4.78, 5) is 2.22. The van der Waals surface area contributed by atoms with Crippen molar-refractivity contribution in [3.8, 4) is 22.8 Å². The van der Waals surface area contributed by atoms with Crippen molar-refractivity contribution in [2.45, 2.75) is 31.9 Å². The Morgan fingerprint density at radius 2 is 2.13 bits per heavy atom. The van der Waals surface area contributed by atoms with Gasteiger partial charge in [0.05, 0.1) is 29.8 Å². The lowest BCUT2D eigenvalue weighted by Crippen LogP contribution is -2.48. The number of hydrogen-bond donors (Lipinski definition) is 3. The summed E-state index contributed by atoms with van der Waals surface area (Å²) in [5.41, 5.74) is 2.81. The number of likely N-dealkylation sites (N-methyl/N-ethyl adjacent to an activating group) is 1. The van der Waals surface area contributed by atoms with Gasteiger partial charge in [-0.05, 0) is 25.1 Å². The van der Waals surface area contributed by atoms with Gasteiger partial charge < -0.3 is 20.3 Å². The van der Waals surface area contributed by atoms with E-state index in [0.717, 1.165) is 35.3 Å². The van der Waals surface area contributed by atoms with Crippen molar-refractivity contribution in [2.24, 2.45) is 7.05 Å². The molecule has 1 aromatic carbocycles. The lowest BCUT2D eigenvalue weighted by Gasteiger charge is -2.35. The van der Waals surface area contributed by atoms with E-state index in [1.54, 1.807) is 10.9 Å². The van der Waals surface area contributed by atoms with E-state index in [9.17, 15) is 10.2 Å². The molecule has 3 aromatic rings. The summed E-state index contributed by atoms with van der Waals surface area (Å²) < 4.78 is 7.30. The quantitative estimate of drug-likeness (QED) is 0.594. The van der Waals surface area contributed by atoms with Crippen molar-refractivity contribution in [1.82, 2.24) is 24.9 Å². The molecule has 2 aromatic heterocycles. The molecule has 0 bridgehead atoms. The van der Waals surface area contributed by atoms with Gasteiger partial charge in [-0.2, -0.15) is 5.10 Å². The Kier molecular flexibility index (Phi) is 4.71. The highest BCUT2D eigenvalue weighted by Gasteiger charge is 2.27. The van der Waals surface area contributed by atoms with Crippen LogP contribution in [0.3, 0.4) is 0 Å². The van der Waals surface area contributed by atoms with Crippen LogP contribution >= 0.6 is 0 Å². The van der Waals surface area contributed by atoms with Gasteiger partial charge in [-0.3, -0.25) is 9.58 Å². The Hall–Kier alpha value is -2.91. The molecule has 4 heterocycles. The minimum Gasteiger partial charge on any atom is -0.507 e. The highest BCUT2D eigenvalue weighted by atomic mass is 16.5. The molecule has 2 atom stereocenters. The van der Waals surface area contributed by atoms with Crippen LogP contribution in [-0.4, -0.2) is 73.5 Å². The number of fused-ring (bicyclic) bond motifs is 2. The third kappa shape index (κ3) is 3.14. The van der Waals surface area contributed by atoms with Crippen molar-refractivity contribution in [2.75, 3.05) is 31.6 Å². The summed E-state index contributed by atoms with van der Waals surface area (Å²) in [5, 5.41) is 38.7. The van der Waals surface area contributed by atoms with Crippen LogP contribution < -0.4 is 10.1 Å². The lowest BCUT2D eigenvalue weighted by molar-refractivity contribution is 0.0671. The Balaban J connectivity index is 1.54. The number of β-amino-alcohol motifs (C(OH)–C–C–N with tert-alkyl or cyclic N) is 1.